The number of nitrogens with one attached hydrogen (secondary N) is 1. The van der Waals surface area contributed by atoms with Crippen LogP contribution in [0.1, 0.15) is 49.0 Å². The first-order valence-corrected chi connectivity index (χ1v) is 11.1. The Balaban J connectivity index is 1.60. The number of likely N-dealkylation sites (tertiary alicyclic amines) is 1. The summed E-state index contributed by atoms with van der Waals surface area (Å²) in [6.45, 7) is 6.63. The first-order valence-electron chi connectivity index (χ1n) is 11.1. The number of benzene rings is 2. The number of carbonyl (C=O) groups excluding carboxylic acids is 3. The van der Waals surface area contributed by atoms with Gasteiger partial charge in [-0.3, -0.25) is 19.3 Å². The highest BCUT2D eigenvalue weighted by Crippen LogP contribution is 2.38. The predicted octanol–water partition coefficient (Wildman–Crippen LogP) is 3.76. The lowest BCUT2D eigenvalue weighted by molar-refractivity contribution is -0.133. The molecule has 2 aliphatic rings. The van der Waals surface area contributed by atoms with Gasteiger partial charge >= 0.3 is 0 Å². The van der Waals surface area contributed by atoms with Crippen LogP contribution < -0.4 is 15.0 Å². The highest BCUT2D eigenvalue weighted by atomic mass is 16.5. The van der Waals surface area contributed by atoms with E-state index in [1.807, 2.05) is 36.1 Å². The fourth-order valence-corrected chi connectivity index (χ4v) is 4.12. The SMILES string of the molecule is Cc1ccc(NC(=O)CN2C(=O)C(C)(C)Oc3ccc(C(=O)N4CCCCC4)cc32)cc1. The number of aryl methyl sites for hydroxylation is 1. The van der Waals surface area contributed by atoms with E-state index in [4.69, 9.17) is 4.74 Å². The Labute approximate surface area is 188 Å². The van der Waals surface area contributed by atoms with E-state index in [-0.39, 0.29) is 24.3 Å². The van der Waals surface area contributed by atoms with Crippen molar-refractivity contribution in [3.05, 3.63) is 53.6 Å². The largest absolute Gasteiger partial charge is 0.476 e. The summed E-state index contributed by atoms with van der Waals surface area (Å²) in [5, 5.41) is 2.84. The smallest absolute Gasteiger partial charge is 0.271 e. The van der Waals surface area contributed by atoms with Crippen molar-refractivity contribution < 1.29 is 19.1 Å². The third kappa shape index (κ3) is 4.47. The average Bonchev–Trinajstić information content (AvgIpc) is 2.78. The molecule has 2 aromatic rings. The molecule has 3 amide bonds. The zero-order valence-corrected chi connectivity index (χ0v) is 18.8. The van der Waals surface area contributed by atoms with E-state index in [1.54, 1.807) is 32.0 Å². The number of fused-ring (bicyclic) bond motifs is 1. The Kier molecular flexibility index (Phi) is 5.91. The predicted molar refractivity (Wildman–Crippen MR) is 123 cm³/mol. The molecule has 0 saturated carbocycles. The van der Waals surface area contributed by atoms with Crippen LogP contribution in [0.15, 0.2) is 42.5 Å². The fraction of sp³-hybridized carbons (Fsp3) is 0.400. The van der Waals surface area contributed by atoms with E-state index >= 15 is 0 Å². The second-order valence-corrected chi connectivity index (χ2v) is 8.95. The van der Waals surface area contributed by atoms with Gasteiger partial charge in [0.15, 0.2) is 5.60 Å². The van der Waals surface area contributed by atoms with Crippen LogP contribution in [0.2, 0.25) is 0 Å². The Bertz CT molecular complexity index is 1040. The topological polar surface area (TPSA) is 79.0 Å². The zero-order valence-electron chi connectivity index (χ0n) is 18.8. The van der Waals surface area contributed by atoms with Gasteiger partial charge in [0.25, 0.3) is 11.8 Å². The summed E-state index contributed by atoms with van der Waals surface area (Å²) in [6.07, 6.45) is 3.13. The van der Waals surface area contributed by atoms with Gasteiger partial charge in [-0.1, -0.05) is 17.7 Å². The molecule has 2 aliphatic heterocycles. The van der Waals surface area contributed by atoms with Crippen molar-refractivity contribution in [3.8, 4) is 5.75 Å². The third-order valence-electron chi connectivity index (χ3n) is 5.90. The first kappa shape index (κ1) is 21.9. The summed E-state index contributed by atoms with van der Waals surface area (Å²) < 4.78 is 5.91. The molecule has 1 saturated heterocycles. The van der Waals surface area contributed by atoms with Gasteiger partial charge in [0, 0.05) is 24.3 Å². The molecule has 0 bridgehead atoms. The number of amides is 3. The summed E-state index contributed by atoms with van der Waals surface area (Å²) >= 11 is 0. The highest BCUT2D eigenvalue weighted by molar-refractivity contribution is 6.08. The third-order valence-corrected chi connectivity index (χ3v) is 5.90. The van der Waals surface area contributed by atoms with Crippen molar-refractivity contribution in [2.24, 2.45) is 0 Å². The summed E-state index contributed by atoms with van der Waals surface area (Å²) in [6, 6.07) is 12.6. The Morgan fingerprint density at radius 1 is 1.03 bits per heavy atom. The minimum absolute atomic E-state index is 0.0613. The highest BCUT2D eigenvalue weighted by Gasteiger charge is 2.42. The van der Waals surface area contributed by atoms with Gasteiger partial charge in [-0.25, -0.2) is 0 Å². The lowest BCUT2D eigenvalue weighted by Crippen LogP contribution is -2.54. The second kappa shape index (κ2) is 8.65. The maximum absolute atomic E-state index is 13.2. The van der Waals surface area contributed by atoms with E-state index in [9.17, 15) is 14.4 Å². The lowest BCUT2D eigenvalue weighted by atomic mass is 10.0. The number of piperidine rings is 1. The molecule has 1 fully saturated rings. The molecular weight excluding hydrogens is 406 g/mol. The van der Waals surface area contributed by atoms with Crippen LogP contribution in [0.5, 0.6) is 5.75 Å². The van der Waals surface area contributed by atoms with Crippen LogP contribution >= 0.6 is 0 Å². The molecule has 0 aromatic heterocycles. The number of hydrogen-bond donors (Lipinski definition) is 1. The number of nitrogens with zero attached hydrogens (tertiary/aromatic N) is 2. The minimum Gasteiger partial charge on any atom is -0.476 e. The van der Waals surface area contributed by atoms with E-state index in [1.165, 1.54) is 4.90 Å². The zero-order chi connectivity index (χ0) is 22.9. The molecule has 0 radical (unpaired) electrons. The van der Waals surface area contributed by atoms with Crippen molar-refractivity contribution >= 4 is 29.1 Å². The molecule has 32 heavy (non-hydrogen) atoms. The van der Waals surface area contributed by atoms with Crippen LogP contribution in [0, 0.1) is 6.92 Å². The average molecular weight is 436 g/mol. The maximum Gasteiger partial charge on any atom is 0.271 e. The van der Waals surface area contributed by atoms with Gasteiger partial charge in [0.1, 0.15) is 12.3 Å². The number of carbonyl (C=O) groups is 3. The van der Waals surface area contributed by atoms with E-state index in [0.717, 1.165) is 37.9 Å². The van der Waals surface area contributed by atoms with Crippen molar-refractivity contribution in [3.63, 3.8) is 0 Å². The van der Waals surface area contributed by atoms with E-state index in [2.05, 4.69) is 5.32 Å². The van der Waals surface area contributed by atoms with Crippen LogP contribution in [0.25, 0.3) is 0 Å². The molecule has 0 spiro atoms. The maximum atomic E-state index is 13.2. The normalized spacial score (nSPS) is 17.4. The first-order chi connectivity index (χ1) is 15.2. The molecule has 2 aromatic carbocycles. The number of ether oxygens (including phenoxy) is 1. The quantitative estimate of drug-likeness (QED) is 0.793. The molecule has 0 unspecified atom stereocenters. The van der Waals surface area contributed by atoms with Gasteiger partial charge in [-0.2, -0.15) is 0 Å². The minimum atomic E-state index is -1.12. The Morgan fingerprint density at radius 3 is 2.41 bits per heavy atom. The molecule has 7 nitrogen and oxygen atoms in total. The number of hydrogen-bond acceptors (Lipinski definition) is 4. The fourth-order valence-electron chi connectivity index (χ4n) is 4.12. The van der Waals surface area contributed by atoms with E-state index in [0.29, 0.717) is 22.7 Å². The van der Waals surface area contributed by atoms with Gasteiger partial charge in [-0.15, -0.1) is 0 Å². The van der Waals surface area contributed by atoms with Gasteiger partial charge in [0.05, 0.1) is 5.69 Å². The Morgan fingerprint density at radius 2 is 1.72 bits per heavy atom. The van der Waals surface area contributed by atoms with Crippen LogP contribution in [0.3, 0.4) is 0 Å². The Hall–Kier alpha value is -3.35. The molecule has 2 heterocycles. The molecular formula is C25H29N3O4. The van der Waals surface area contributed by atoms with Crippen LogP contribution in [0.4, 0.5) is 11.4 Å². The van der Waals surface area contributed by atoms with Gasteiger partial charge < -0.3 is 15.0 Å². The van der Waals surface area contributed by atoms with Crippen LogP contribution in [-0.2, 0) is 9.59 Å². The molecule has 0 aliphatic carbocycles. The van der Waals surface area contributed by atoms with E-state index < -0.39 is 5.60 Å². The number of rotatable bonds is 4. The molecule has 168 valence electrons. The standard InChI is InChI=1S/C25H29N3O4/c1-17-7-10-19(11-8-17)26-22(29)16-28-20-15-18(23(30)27-13-5-4-6-14-27)9-12-21(20)32-25(2,3)24(28)31/h7-12,15H,4-6,13-14,16H2,1-3H3,(H,26,29). The van der Waals surface area contributed by atoms with Crippen LogP contribution in [-0.4, -0.2) is 47.9 Å². The summed E-state index contributed by atoms with van der Waals surface area (Å²) in [7, 11) is 0. The van der Waals surface area contributed by atoms with Crippen molar-refractivity contribution in [2.75, 3.05) is 29.9 Å². The molecule has 4 rings (SSSR count). The summed E-state index contributed by atoms with van der Waals surface area (Å²) in [5.41, 5.74) is 1.57. The second-order valence-electron chi connectivity index (χ2n) is 8.95. The summed E-state index contributed by atoms with van der Waals surface area (Å²) in [4.78, 5) is 42.2. The molecule has 1 N–H and O–H groups in total. The lowest BCUT2D eigenvalue weighted by Gasteiger charge is -2.38. The van der Waals surface area contributed by atoms with Crippen molar-refractivity contribution in [2.45, 2.75) is 45.6 Å². The van der Waals surface area contributed by atoms with Gasteiger partial charge in [-0.05, 0) is 70.4 Å². The summed E-state index contributed by atoms with van der Waals surface area (Å²) in [5.74, 6) is -0.230. The van der Waals surface area contributed by atoms with Crippen molar-refractivity contribution in [1.29, 1.82) is 0 Å². The number of anilines is 2. The van der Waals surface area contributed by atoms with Crippen molar-refractivity contribution in [1.82, 2.24) is 4.90 Å². The molecule has 0 atom stereocenters. The monoisotopic (exact) mass is 435 g/mol. The molecule has 7 heteroatoms. The van der Waals surface area contributed by atoms with Gasteiger partial charge in [0.2, 0.25) is 5.91 Å².